The molecule has 4 heteroatoms. The predicted molar refractivity (Wildman–Crippen MR) is 85.4 cm³/mol. The maximum Gasteiger partial charge on any atom is 0.226 e. The molecule has 0 aromatic heterocycles. The number of nitrogens with zero attached hydrogens (tertiary/aromatic N) is 1. The first kappa shape index (κ1) is 17.0. The van der Waals surface area contributed by atoms with E-state index in [1.807, 2.05) is 11.9 Å². The number of halogens is 1. The largest absolute Gasteiger partial charge is 0.342 e. The van der Waals surface area contributed by atoms with Crippen LogP contribution in [-0.4, -0.2) is 37.5 Å². The smallest absolute Gasteiger partial charge is 0.226 e. The van der Waals surface area contributed by atoms with Gasteiger partial charge < -0.3 is 10.2 Å². The van der Waals surface area contributed by atoms with Gasteiger partial charge in [0.05, 0.1) is 6.42 Å². The molecule has 2 rings (SSSR count). The van der Waals surface area contributed by atoms with Gasteiger partial charge in [0.2, 0.25) is 5.91 Å². The van der Waals surface area contributed by atoms with Gasteiger partial charge in [-0.15, -0.1) is 12.4 Å². The molecule has 1 unspecified atom stereocenters. The van der Waals surface area contributed by atoms with Crippen molar-refractivity contribution in [3.63, 3.8) is 0 Å². The first-order valence-corrected chi connectivity index (χ1v) is 7.17. The highest BCUT2D eigenvalue weighted by Crippen LogP contribution is 2.17. The summed E-state index contributed by atoms with van der Waals surface area (Å²) in [5, 5.41) is 3.21. The van der Waals surface area contributed by atoms with Crippen LogP contribution in [0.3, 0.4) is 0 Å². The fourth-order valence-corrected chi connectivity index (χ4v) is 2.74. The fraction of sp³-hybridized carbons (Fsp3) is 0.562. The first-order chi connectivity index (χ1) is 9.19. The van der Waals surface area contributed by atoms with Gasteiger partial charge in [-0.05, 0) is 44.8 Å². The standard InChI is InChI=1S/C16H24N2O.ClH/c1-13-5-7-14(8-6-13)10-16(19)18-9-3-4-15(12-18)11-17-2;/h5-8,15,17H,3-4,9-12H2,1-2H3;1H. The summed E-state index contributed by atoms with van der Waals surface area (Å²) in [4.78, 5) is 14.3. The molecule has 0 saturated carbocycles. The van der Waals surface area contributed by atoms with E-state index in [1.165, 1.54) is 12.0 Å². The summed E-state index contributed by atoms with van der Waals surface area (Å²) in [6.45, 7) is 4.91. The number of hydrogen-bond acceptors (Lipinski definition) is 2. The Balaban J connectivity index is 0.00000200. The number of carbonyl (C=O) groups excluding carboxylic acids is 1. The molecule has 0 bridgehead atoms. The Kier molecular flexibility index (Phi) is 7.03. The minimum atomic E-state index is 0. The maximum absolute atomic E-state index is 12.3. The number of rotatable bonds is 4. The molecular weight excluding hydrogens is 272 g/mol. The maximum atomic E-state index is 12.3. The van der Waals surface area contributed by atoms with E-state index in [1.54, 1.807) is 0 Å². The Labute approximate surface area is 128 Å². The number of hydrogen-bond donors (Lipinski definition) is 1. The van der Waals surface area contributed by atoms with Gasteiger partial charge in [-0.3, -0.25) is 4.79 Å². The molecule has 20 heavy (non-hydrogen) atoms. The molecule has 1 aliphatic rings. The first-order valence-electron chi connectivity index (χ1n) is 7.17. The summed E-state index contributed by atoms with van der Waals surface area (Å²) in [5.74, 6) is 0.880. The summed E-state index contributed by atoms with van der Waals surface area (Å²) in [6, 6.07) is 8.26. The molecular formula is C16H25ClN2O. The summed E-state index contributed by atoms with van der Waals surface area (Å²) in [6.07, 6.45) is 2.90. The predicted octanol–water partition coefficient (Wildman–Crippen LogP) is 2.42. The Morgan fingerprint density at radius 3 is 2.70 bits per heavy atom. The molecule has 112 valence electrons. The van der Waals surface area contributed by atoms with Crippen molar-refractivity contribution in [3.05, 3.63) is 35.4 Å². The van der Waals surface area contributed by atoms with Crippen LogP contribution in [0.5, 0.6) is 0 Å². The molecule has 0 spiro atoms. The van der Waals surface area contributed by atoms with Crippen molar-refractivity contribution in [2.24, 2.45) is 5.92 Å². The van der Waals surface area contributed by atoms with Gasteiger partial charge in [-0.25, -0.2) is 0 Å². The van der Waals surface area contributed by atoms with Crippen LogP contribution in [0.15, 0.2) is 24.3 Å². The fourth-order valence-electron chi connectivity index (χ4n) is 2.74. The second kappa shape index (κ2) is 8.28. The Hall–Kier alpha value is -1.06. The van der Waals surface area contributed by atoms with Crippen LogP contribution in [0.2, 0.25) is 0 Å². The highest BCUT2D eigenvalue weighted by molar-refractivity contribution is 5.85. The Morgan fingerprint density at radius 1 is 1.35 bits per heavy atom. The lowest BCUT2D eigenvalue weighted by Crippen LogP contribution is -2.43. The summed E-state index contributed by atoms with van der Waals surface area (Å²) >= 11 is 0. The van der Waals surface area contributed by atoms with Gasteiger partial charge in [-0.1, -0.05) is 29.8 Å². The number of nitrogens with one attached hydrogen (secondary N) is 1. The van der Waals surface area contributed by atoms with Crippen LogP contribution in [0.4, 0.5) is 0 Å². The van der Waals surface area contributed by atoms with Gasteiger partial charge in [0.15, 0.2) is 0 Å². The van der Waals surface area contributed by atoms with Crippen LogP contribution >= 0.6 is 12.4 Å². The third kappa shape index (κ3) is 4.80. The van der Waals surface area contributed by atoms with E-state index in [4.69, 9.17) is 0 Å². The zero-order valence-corrected chi connectivity index (χ0v) is 13.2. The molecule has 1 fully saturated rings. The van der Waals surface area contributed by atoms with Gasteiger partial charge in [0.1, 0.15) is 0 Å². The number of benzene rings is 1. The van der Waals surface area contributed by atoms with E-state index in [2.05, 4.69) is 36.5 Å². The number of carbonyl (C=O) groups is 1. The zero-order valence-electron chi connectivity index (χ0n) is 12.4. The lowest BCUT2D eigenvalue weighted by molar-refractivity contribution is -0.132. The quantitative estimate of drug-likeness (QED) is 0.925. The number of amides is 1. The van der Waals surface area contributed by atoms with Gasteiger partial charge >= 0.3 is 0 Å². The van der Waals surface area contributed by atoms with Crippen LogP contribution in [-0.2, 0) is 11.2 Å². The number of piperidine rings is 1. The third-order valence-corrected chi connectivity index (χ3v) is 3.84. The van der Waals surface area contributed by atoms with Crippen LogP contribution < -0.4 is 5.32 Å². The van der Waals surface area contributed by atoms with E-state index in [0.29, 0.717) is 12.3 Å². The second-order valence-corrected chi connectivity index (χ2v) is 5.57. The van der Waals surface area contributed by atoms with E-state index >= 15 is 0 Å². The van der Waals surface area contributed by atoms with E-state index in [9.17, 15) is 4.79 Å². The van der Waals surface area contributed by atoms with Gasteiger partial charge in [-0.2, -0.15) is 0 Å². The zero-order chi connectivity index (χ0) is 13.7. The lowest BCUT2D eigenvalue weighted by atomic mass is 9.97. The molecule has 1 saturated heterocycles. The Bertz CT molecular complexity index is 417. The average molecular weight is 297 g/mol. The Morgan fingerprint density at radius 2 is 2.05 bits per heavy atom. The van der Waals surface area contributed by atoms with Crippen LogP contribution in [0.1, 0.15) is 24.0 Å². The average Bonchev–Trinajstić information content (AvgIpc) is 2.42. The molecule has 3 nitrogen and oxygen atoms in total. The van der Waals surface area contributed by atoms with Crippen molar-refractivity contribution in [3.8, 4) is 0 Å². The minimum absolute atomic E-state index is 0. The molecule has 1 aromatic rings. The summed E-state index contributed by atoms with van der Waals surface area (Å²) in [7, 11) is 1.98. The molecule has 0 radical (unpaired) electrons. The number of aryl methyl sites for hydroxylation is 1. The molecule has 1 amide bonds. The highest BCUT2D eigenvalue weighted by Gasteiger charge is 2.22. The van der Waals surface area contributed by atoms with Crippen LogP contribution in [0.25, 0.3) is 0 Å². The molecule has 1 N–H and O–H groups in total. The monoisotopic (exact) mass is 296 g/mol. The van der Waals surface area contributed by atoms with Crippen molar-refractivity contribution >= 4 is 18.3 Å². The van der Waals surface area contributed by atoms with Crippen molar-refractivity contribution in [2.75, 3.05) is 26.7 Å². The van der Waals surface area contributed by atoms with Crippen molar-refractivity contribution in [1.29, 1.82) is 0 Å². The van der Waals surface area contributed by atoms with Gasteiger partial charge in [0, 0.05) is 13.1 Å². The summed E-state index contributed by atoms with van der Waals surface area (Å²) in [5.41, 5.74) is 2.36. The topological polar surface area (TPSA) is 32.3 Å². The van der Waals surface area contributed by atoms with Crippen LogP contribution in [0, 0.1) is 12.8 Å². The molecule has 0 aliphatic carbocycles. The van der Waals surface area contributed by atoms with Crippen molar-refractivity contribution < 1.29 is 4.79 Å². The lowest BCUT2D eigenvalue weighted by Gasteiger charge is -2.32. The second-order valence-electron chi connectivity index (χ2n) is 5.57. The van der Waals surface area contributed by atoms with E-state index < -0.39 is 0 Å². The molecule has 1 heterocycles. The third-order valence-electron chi connectivity index (χ3n) is 3.84. The van der Waals surface area contributed by atoms with E-state index in [-0.39, 0.29) is 18.3 Å². The molecule has 1 atom stereocenters. The molecule has 1 aromatic carbocycles. The van der Waals surface area contributed by atoms with Crippen molar-refractivity contribution in [2.45, 2.75) is 26.2 Å². The normalized spacial score (nSPS) is 18.5. The minimum Gasteiger partial charge on any atom is -0.342 e. The SMILES string of the molecule is CNCC1CCCN(C(=O)Cc2ccc(C)cc2)C1.Cl. The highest BCUT2D eigenvalue weighted by atomic mass is 35.5. The number of likely N-dealkylation sites (tertiary alicyclic amines) is 1. The summed E-state index contributed by atoms with van der Waals surface area (Å²) < 4.78 is 0. The molecule has 1 aliphatic heterocycles. The van der Waals surface area contributed by atoms with Crippen molar-refractivity contribution in [1.82, 2.24) is 10.2 Å². The van der Waals surface area contributed by atoms with Gasteiger partial charge in [0.25, 0.3) is 0 Å². The van der Waals surface area contributed by atoms with E-state index in [0.717, 1.165) is 31.6 Å².